The van der Waals surface area contributed by atoms with Gasteiger partial charge in [-0.05, 0) is 13.3 Å². The normalized spacial score (nSPS) is 14.9. The second kappa shape index (κ2) is 5.41. The first kappa shape index (κ1) is 15.1. The van der Waals surface area contributed by atoms with Crippen LogP contribution in [0.5, 0.6) is 0 Å². The van der Waals surface area contributed by atoms with Gasteiger partial charge in [0.05, 0.1) is 17.6 Å². The first-order chi connectivity index (χ1) is 7.17. The molecule has 0 saturated heterocycles. The minimum atomic E-state index is -4.05. The van der Waals surface area contributed by atoms with E-state index in [0.717, 1.165) is 7.11 Å². The molecule has 94 valence electrons. The van der Waals surface area contributed by atoms with E-state index in [1.165, 1.54) is 6.92 Å². The van der Waals surface area contributed by atoms with E-state index in [-0.39, 0.29) is 4.99 Å². The van der Waals surface area contributed by atoms with E-state index >= 15 is 0 Å². The number of hydrogen-bond acceptors (Lipinski definition) is 5. The lowest BCUT2D eigenvalue weighted by Crippen LogP contribution is -2.57. The lowest BCUT2D eigenvalue weighted by Gasteiger charge is -2.27. The number of thiocarbonyl (C=S) groups is 1. The Balaban J connectivity index is 4.82. The van der Waals surface area contributed by atoms with Gasteiger partial charge in [0.1, 0.15) is 0 Å². The lowest BCUT2D eigenvalue weighted by molar-refractivity contribution is 0.177. The predicted molar refractivity (Wildman–Crippen MR) is 63.1 cm³/mol. The van der Waals surface area contributed by atoms with E-state index in [9.17, 15) is 13.2 Å². The van der Waals surface area contributed by atoms with Crippen molar-refractivity contribution >= 4 is 33.5 Å². The molecule has 7 nitrogen and oxygen atoms in total. The summed E-state index contributed by atoms with van der Waals surface area (Å²) in [5, 5.41) is 0. The Bertz CT molecular complexity index is 381. The Hall–Kier alpha value is -0.930. The zero-order chi connectivity index (χ0) is 13.0. The third kappa shape index (κ3) is 4.29. The molecule has 0 aliphatic heterocycles. The van der Waals surface area contributed by atoms with E-state index in [1.54, 1.807) is 11.6 Å². The van der Waals surface area contributed by atoms with Crippen LogP contribution in [0.1, 0.15) is 20.3 Å². The predicted octanol–water partition coefficient (Wildman–Crippen LogP) is -0.368. The van der Waals surface area contributed by atoms with E-state index in [4.69, 9.17) is 18.0 Å². The van der Waals surface area contributed by atoms with E-state index < -0.39 is 21.8 Å². The maximum absolute atomic E-state index is 11.4. The third-order valence-electron chi connectivity index (χ3n) is 2.01. The molecular formula is C7H15N3O4S2. The Labute approximate surface area is 99.9 Å². The minimum absolute atomic E-state index is 0.00904. The first-order valence-corrected chi connectivity index (χ1v) is 6.25. The Kier molecular flexibility index (Phi) is 5.10. The van der Waals surface area contributed by atoms with Crippen molar-refractivity contribution in [2.75, 3.05) is 7.11 Å². The van der Waals surface area contributed by atoms with Crippen LogP contribution < -0.4 is 15.2 Å². The molecule has 1 unspecified atom stereocenters. The van der Waals surface area contributed by atoms with Gasteiger partial charge < -0.3 is 10.5 Å². The maximum Gasteiger partial charge on any atom is 0.421 e. The summed E-state index contributed by atoms with van der Waals surface area (Å²) in [6.45, 7) is 3.23. The number of ether oxygens (including phenoxy) is 1. The smallest absolute Gasteiger partial charge is 0.421 e. The summed E-state index contributed by atoms with van der Waals surface area (Å²) in [6, 6.07) is 0. The van der Waals surface area contributed by atoms with Gasteiger partial charge in [0.25, 0.3) is 0 Å². The molecule has 0 bridgehead atoms. The van der Waals surface area contributed by atoms with E-state index in [2.05, 4.69) is 9.46 Å². The van der Waals surface area contributed by atoms with Crippen LogP contribution in [0, 0.1) is 0 Å². The Morgan fingerprint density at radius 2 is 2.06 bits per heavy atom. The van der Waals surface area contributed by atoms with Crippen LogP contribution in [0.2, 0.25) is 0 Å². The molecule has 1 amide bonds. The molecule has 16 heavy (non-hydrogen) atoms. The molecular weight excluding hydrogens is 254 g/mol. The van der Waals surface area contributed by atoms with Crippen LogP contribution in [-0.4, -0.2) is 32.1 Å². The molecule has 9 heteroatoms. The molecule has 0 rings (SSSR count). The summed E-state index contributed by atoms with van der Waals surface area (Å²) in [5.74, 6) is 0. The van der Waals surface area contributed by atoms with Gasteiger partial charge in [-0.3, -0.25) is 0 Å². The quantitative estimate of drug-likeness (QED) is 0.587. The largest absolute Gasteiger partial charge is 0.452 e. The molecule has 0 aliphatic rings. The fourth-order valence-electron chi connectivity index (χ4n) is 0.770. The van der Waals surface area contributed by atoms with Gasteiger partial charge >= 0.3 is 16.3 Å². The van der Waals surface area contributed by atoms with Gasteiger partial charge in [-0.15, -0.1) is 0 Å². The molecule has 0 radical (unpaired) electrons. The van der Waals surface area contributed by atoms with Gasteiger partial charge in [-0.1, -0.05) is 19.1 Å². The lowest BCUT2D eigenvalue weighted by atomic mass is 10.0. The second-order valence-electron chi connectivity index (χ2n) is 3.25. The molecule has 0 aromatic rings. The second-order valence-corrected chi connectivity index (χ2v) is 5.10. The van der Waals surface area contributed by atoms with Crippen LogP contribution in [0.15, 0.2) is 0 Å². The standard InChI is InChI=1S/C7H15N3O4S2/c1-4-7(2,5(8)15)10-16(12,13)9-6(11)14-3/h10H,4H2,1-3H3,(H2,8,15)(H,9,11). The Morgan fingerprint density at radius 1 is 1.56 bits per heavy atom. The van der Waals surface area contributed by atoms with Gasteiger partial charge in [0.2, 0.25) is 0 Å². The highest BCUT2D eigenvalue weighted by Gasteiger charge is 2.31. The van der Waals surface area contributed by atoms with Crippen molar-refractivity contribution in [3.05, 3.63) is 0 Å². The van der Waals surface area contributed by atoms with Gasteiger partial charge in [0.15, 0.2) is 0 Å². The molecule has 0 fully saturated rings. The summed E-state index contributed by atoms with van der Waals surface area (Å²) in [6.07, 6.45) is -0.737. The van der Waals surface area contributed by atoms with E-state index in [1.807, 2.05) is 0 Å². The summed E-state index contributed by atoms with van der Waals surface area (Å²) in [4.78, 5) is 10.7. The summed E-state index contributed by atoms with van der Waals surface area (Å²) in [7, 11) is -3.00. The highest BCUT2D eigenvalue weighted by Crippen LogP contribution is 2.10. The molecule has 0 spiro atoms. The van der Waals surface area contributed by atoms with Crippen molar-refractivity contribution in [1.82, 2.24) is 9.44 Å². The van der Waals surface area contributed by atoms with Crippen molar-refractivity contribution in [3.8, 4) is 0 Å². The minimum Gasteiger partial charge on any atom is -0.452 e. The zero-order valence-corrected chi connectivity index (χ0v) is 10.9. The molecule has 0 aliphatic carbocycles. The fourth-order valence-corrected chi connectivity index (χ4v) is 2.23. The topological polar surface area (TPSA) is 111 Å². The molecule has 4 N–H and O–H groups in total. The number of methoxy groups -OCH3 is 1. The van der Waals surface area contributed by atoms with Crippen molar-refractivity contribution in [1.29, 1.82) is 0 Å². The SMILES string of the molecule is CCC(C)(NS(=O)(=O)NC(=O)OC)C(N)=S. The van der Waals surface area contributed by atoms with Gasteiger partial charge in [-0.2, -0.15) is 13.1 Å². The van der Waals surface area contributed by atoms with Crippen LogP contribution >= 0.6 is 12.2 Å². The monoisotopic (exact) mass is 269 g/mol. The number of nitrogens with one attached hydrogen (secondary N) is 2. The highest BCUT2D eigenvalue weighted by molar-refractivity contribution is 7.88. The number of rotatable bonds is 5. The molecule has 0 heterocycles. The average molecular weight is 269 g/mol. The first-order valence-electron chi connectivity index (χ1n) is 4.36. The molecule has 0 saturated carbocycles. The van der Waals surface area contributed by atoms with Crippen molar-refractivity contribution in [2.24, 2.45) is 5.73 Å². The van der Waals surface area contributed by atoms with Crippen molar-refractivity contribution in [3.63, 3.8) is 0 Å². The highest BCUT2D eigenvalue weighted by atomic mass is 32.2. The zero-order valence-electron chi connectivity index (χ0n) is 9.23. The molecule has 0 aromatic heterocycles. The number of amides is 1. The Morgan fingerprint density at radius 3 is 2.38 bits per heavy atom. The van der Waals surface area contributed by atoms with E-state index in [0.29, 0.717) is 6.42 Å². The third-order valence-corrected chi connectivity index (χ3v) is 3.62. The number of carbonyl (C=O) groups is 1. The van der Waals surface area contributed by atoms with Gasteiger partial charge in [0, 0.05) is 0 Å². The molecule has 1 atom stereocenters. The number of nitrogens with two attached hydrogens (primary N) is 1. The van der Waals surface area contributed by atoms with Gasteiger partial charge in [-0.25, -0.2) is 9.52 Å². The van der Waals surface area contributed by atoms with Crippen molar-refractivity contribution < 1.29 is 17.9 Å². The molecule has 0 aromatic carbocycles. The van der Waals surface area contributed by atoms with Crippen molar-refractivity contribution in [2.45, 2.75) is 25.8 Å². The summed E-state index contributed by atoms with van der Waals surface area (Å²) < 4.78 is 30.9. The maximum atomic E-state index is 11.4. The summed E-state index contributed by atoms with van der Waals surface area (Å²) >= 11 is 4.75. The average Bonchev–Trinajstić information content (AvgIpc) is 2.15. The van der Waals surface area contributed by atoms with Crippen LogP contribution in [-0.2, 0) is 14.9 Å². The fraction of sp³-hybridized carbons (Fsp3) is 0.714. The summed E-state index contributed by atoms with van der Waals surface area (Å²) in [5.41, 5.74) is 4.32. The number of hydrogen-bond donors (Lipinski definition) is 3. The van der Waals surface area contributed by atoms with Crippen LogP contribution in [0.4, 0.5) is 4.79 Å². The van der Waals surface area contributed by atoms with Crippen LogP contribution in [0.3, 0.4) is 0 Å². The van der Waals surface area contributed by atoms with Crippen LogP contribution in [0.25, 0.3) is 0 Å². The number of carbonyl (C=O) groups excluding carboxylic acids is 1.